The van der Waals surface area contributed by atoms with E-state index in [-0.39, 0.29) is 0 Å². The minimum Gasteiger partial charge on any atom is -0.349 e. The standard InChI is InChI=1S/C7H8.3C6H7N.2C4H6N2.3C4H5NS/c1-7-5-3-2-4-6-7;1-6-2-4-7-5-3-6;1-6-3-2-4-7-5-6;1-6-4-2-3-5-7-6;1-4-2-5-3-6-4;1-4-5-2-3-6-4;1-4-2-6-3-5-4;1-4-2-5-3-6-4;1-4-5-2-3-6-4/h2-6H,1H3;3*2-5H,1H3;2*2-3H,1H3,(H,5,6);3*2-3H,1H3. The molecule has 0 aliphatic heterocycles. The number of H-pyrrole nitrogens is 2. The largest absolute Gasteiger partial charge is 0.349 e. The van der Waals surface area contributed by atoms with Crippen molar-refractivity contribution in [3.63, 3.8) is 0 Å². The molecule has 304 valence electrons. The number of imidazole rings is 2. The number of pyridine rings is 3. The number of benzene rings is 1. The molecule has 9 aromatic rings. The maximum atomic E-state index is 3.98. The van der Waals surface area contributed by atoms with Gasteiger partial charge in [0.1, 0.15) is 5.82 Å². The molecule has 10 nitrogen and oxygen atoms in total. The van der Waals surface area contributed by atoms with E-state index in [4.69, 9.17) is 0 Å². The van der Waals surface area contributed by atoms with Crippen molar-refractivity contribution < 1.29 is 0 Å². The number of nitrogens with zero attached hydrogens (tertiary/aromatic N) is 8. The Hall–Kier alpha value is -6.02. The molecule has 1 aromatic carbocycles. The summed E-state index contributed by atoms with van der Waals surface area (Å²) in [4.78, 5) is 38.1. The summed E-state index contributed by atoms with van der Waals surface area (Å²) < 4.78 is 0. The lowest BCUT2D eigenvalue weighted by molar-refractivity contribution is 1.15. The summed E-state index contributed by atoms with van der Waals surface area (Å²) in [6.45, 7) is 18.0. The highest BCUT2D eigenvalue weighted by Crippen LogP contribution is 2.00. The molecule has 0 aliphatic carbocycles. The monoisotopic (exact) mass is 832 g/mol. The van der Waals surface area contributed by atoms with Gasteiger partial charge in [-0.3, -0.25) is 29.9 Å². The second-order valence-corrected chi connectivity index (χ2v) is 14.8. The summed E-state index contributed by atoms with van der Waals surface area (Å²) in [5, 5.41) is 5.12. The zero-order valence-electron chi connectivity index (χ0n) is 34.9. The maximum Gasteiger partial charge on any atom is 0.102 e. The predicted molar refractivity (Wildman–Crippen MR) is 245 cm³/mol. The van der Waals surface area contributed by atoms with Gasteiger partial charge in [-0.2, -0.15) is 0 Å². The minimum atomic E-state index is 0.968. The molecular formula is C45H56N10S3. The molecule has 0 spiro atoms. The molecule has 0 radical (unpaired) electrons. The topological polar surface area (TPSA) is 135 Å². The summed E-state index contributed by atoms with van der Waals surface area (Å²) in [6, 6.07) is 24.0. The molecule has 0 aliphatic rings. The molecule has 9 rings (SSSR count). The van der Waals surface area contributed by atoms with Crippen LogP contribution in [0, 0.1) is 62.3 Å². The SMILES string of the molecule is Cc1ccccc1.Cc1ccccn1.Cc1cccnc1.Cc1ccncc1.Cc1cnc[nH]1.Cc1cncs1.Cc1cscn1.Cc1ncc[nH]1.Cc1nccs1. The molecule has 8 aromatic heterocycles. The Morgan fingerprint density at radius 3 is 1.41 bits per heavy atom. The molecular weight excluding hydrogens is 777 g/mol. The zero-order valence-corrected chi connectivity index (χ0v) is 37.3. The summed E-state index contributed by atoms with van der Waals surface area (Å²) >= 11 is 4.96. The van der Waals surface area contributed by atoms with Crippen LogP contribution in [-0.4, -0.2) is 49.8 Å². The third-order valence-corrected chi connectivity index (χ3v) is 8.46. The van der Waals surface area contributed by atoms with Crippen molar-refractivity contribution in [3.8, 4) is 0 Å². The van der Waals surface area contributed by atoms with Crippen LogP contribution in [0.25, 0.3) is 0 Å². The fraction of sp³-hybridized carbons (Fsp3) is 0.200. The Morgan fingerprint density at radius 2 is 1.19 bits per heavy atom. The van der Waals surface area contributed by atoms with Gasteiger partial charge in [0, 0.05) is 94.7 Å². The summed E-state index contributed by atoms with van der Waals surface area (Å²) in [7, 11) is 0. The number of hydrogen-bond acceptors (Lipinski definition) is 11. The van der Waals surface area contributed by atoms with Crippen LogP contribution in [-0.2, 0) is 0 Å². The van der Waals surface area contributed by atoms with Gasteiger partial charge in [0.25, 0.3) is 0 Å². The lowest BCUT2D eigenvalue weighted by Crippen LogP contribution is -1.72. The lowest BCUT2D eigenvalue weighted by Gasteiger charge is -1.82. The van der Waals surface area contributed by atoms with Gasteiger partial charge < -0.3 is 9.97 Å². The molecule has 0 atom stereocenters. The maximum absolute atomic E-state index is 3.98. The van der Waals surface area contributed by atoms with Crippen LogP contribution in [0.5, 0.6) is 0 Å². The van der Waals surface area contributed by atoms with Crippen molar-refractivity contribution in [1.29, 1.82) is 0 Å². The zero-order chi connectivity index (χ0) is 42.5. The van der Waals surface area contributed by atoms with Crippen molar-refractivity contribution in [2.45, 2.75) is 62.3 Å². The van der Waals surface area contributed by atoms with E-state index in [0.29, 0.717) is 0 Å². The first kappa shape index (κ1) is 50.0. The van der Waals surface area contributed by atoms with Crippen molar-refractivity contribution in [2.24, 2.45) is 0 Å². The molecule has 0 bridgehead atoms. The number of nitrogens with one attached hydrogen (secondary N) is 2. The van der Waals surface area contributed by atoms with Gasteiger partial charge in [-0.25, -0.2) is 9.97 Å². The van der Waals surface area contributed by atoms with Crippen LogP contribution in [0.15, 0.2) is 163 Å². The fourth-order valence-electron chi connectivity index (χ4n) is 3.37. The highest BCUT2D eigenvalue weighted by atomic mass is 32.1. The van der Waals surface area contributed by atoms with Crippen LogP contribution in [0.4, 0.5) is 0 Å². The van der Waals surface area contributed by atoms with Crippen molar-refractivity contribution in [3.05, 3.63) is 212 Å². The molecule has 0 unspecified atom stereocenters. The molecule has 2 N–H and O–H groups in total. The van der Waals surface area contributed by atoms with Gasteiger partial charge in [0.15, 0.2) is 0 Å². The van der Waals surface area contributed by atoms with E-state index in [1.807, 2.05) is 150 Å². The van der Waals surface area contributed by atoms with E-state index in [0.717, 1.165) is 27.9 Å². The number of thiazole rings is 3. The average molecular weight is 833 g/mol. The smallest absolute Gasteiger partial charge is 0.102 e. The van der Waals surface area contributed by atoms with Gasteiger partial charge in [-0.05, 0) is 104 Å². The summed E-state index contributed by atoms with van der Waals surface area (Å²) in [5.74, 6) is 0.968. The first-order chi connectivity index (χ1) is 28.0. The molecule has 0 saturated carbocycles. The predicted octanol–water partition coefficient (Wildman–Crippen LogP) is 12.0. The molecule has 58 heavy (non-hydrogen) atoms. The number of aryl methyl sites for hydroxylation is 9. The Bertz CT molecular complexity index is 1740. The summed E-state index contributed by atoms with van der Waals surface area (Å²) in [6.07, 6.45) is 19.6. The van der Waals surface area contributed by atoms with E-state index < -0.39 is 0 Å². The summed E-state index contributed by atoms with van der Waals surface area (Å²) in [5.41, 5.74) is 10.7. The van der Waals surface area contributed by atoms with E-state index in [1.54, 1.807) is 89.9 Å². The molecule has 13 heteroatoms. The van der Waals surface area contributed by atoms with Crippen LogP contribution in [0.2, 0.25) is 0 Å². The third-order valence-electron chi connectivity index (χ3n) is 6.35. The highest BCUT2D eigenvalue weighted by Gasteiger charge is 1.79. The number of hydrogen-bond donors (Lipinski definition) is 2. The van der Waals surface area contributed by atoms with Gasteiger partial charge in [0.05, 0.1) is 22.4 Å². The Morgan fingerprint density at radius 1 is 0.466 bits per heavy atom. The number of rotatable bonds is 0. The first-order valence-electron chi connectivity index (χ1n) is 18.1. The third kappa shape index (κ3) is 32.2. The second kappa shape index (κ2) is 34.2. The highest BCUT2D eigenvalue weighted by molar-refractivity contribution is 7.09. The van der Waals surface area contributed by atoms with Crippen molar-refractivity contribution >= 4 is 34.0 Å². The molecule has 8 heterocycles. The second-order valence-electron chi connectivity index (χ2n) is 11.9. The Kier molecular flexibility index (Phi) is 29.5. The average Bonchev–Trinajstić information content (AvgIpc) is 4.10. The normalized spacial score (nSPS) is 8.78. The minimum absolute atomic E-state index is 0.968. The van der Waals surface area contributed by atoms with Crippen LogP contribution >= 0.6 is 34.0 Å². The number of aromatic nitrogens is 10. The van der Waals surface area contributed by atoms with Crippen LogP contribution in [0.3, 0.4) is 0 Å². The molecule has 0 amide bonds. The van der Waals surface area contributed by atoms with Crippen LogP contribution < -0.4 is 0 Å². The Labute approximate surface area is 356 Å². The lowest BCUT2D eigenvalue weighted by atomic mass is 10.2. The first-order valence-corrected chi connectivity index (χ1v) is 20.8. The quantitative estimate of drug-likeness (QED) is 0.154. The molecule has 0 fully saturated rings. The van der Waals surface area contributed by atoms with E-state index in [1.165, 1.54) is 21.6 Å². The van der Waals surface area contributed by atoms with Crippen molar-refractivity contribution in [1.82, 2.24) is 49.8 Å². The van der Waals surface area contributed by atoms with E-state index >= 15 is 0 Å². The van der Waals surface area contributed by atoms with Crippen LogP contribution in [0.1, 0.15) is 49.5 Å². The molecule has 0 saturated heterocycles. The van der Waals surface area contributed by atoms with E-state index in [9.17, 15) is 0 Å². The van der Waals surface area contributed by atoms with E-state index in [2.05, 4.69) is 68.9 Å². The van der Waals surface area contributed by atoms with Gasteiger partial charge in [0.2, 0.25) is 0 Å². The fourth-order valence-corrected chi connectivity index (χ4v) is 4.77. The van der Waals surface area contributed by atoms with Gasteiger partial charge in [-0.15, -0.1) is 34.0 Å². The van der Waals surface area contributed by atoms with Gasteiger partial charge >= 0.3 is 0 Å². The number of aromatic amines is 2. The Balaban J connectivity index is 0.000000327. The van der Waals surface area contributed by atoms with Crippen molar-refractivity contribution in [2.75, 3.05) is 0 Å². The van der Waals surface area contributed by atoms with Gasteiger partial charge in [-0.1, -0.05) is 48.0 Å².